The molecule has 0 bridgehead atoms. The third kappa shape index (κ3) is 2.43. The van der Waals surface area contributed by atoms with Crippen molar-refractivity contribution in [2.24, 2.45) is 0 Å². The van der Waals surface area contributed by atoms with Crippen molar-refractivity contribution < 1.29 is 18.9 Å². The lowest BCUT2D eigenvalue weighted by molar-refractivity contribution is -1.00. The molecule has 0 aromatic carbocycles. The first-order valence-electron chi connectivity index (χ1n) is 4.62. The van der Waals surface area contributed by atoms with Gasteiger partial charge in [-0.3, -0.25) is 4.65 Å². The van der Waals surface area contributed by atoms with Crippen LogP contribution in [0.15, 0.2) is 0 Å². The molecule has 0 N–H and O–H groups in total. The van der Waals surface area contributed by atoms with Crippen LogP contribution in [0.25, 0.3) is 0 Å². The summed E-state index contributed by atoms with van der Waals surface area (Å²) in [7, 11) is 4.50. The van der Waals surface area contributed by atoms with E-state index in [1.807, 2.05) is 0 Å². The predicted octanol–water partition coefficient (Wildman–Crippen LogP) is 1.28. The van der Waals surface area contributed by atoms with Crippen molar-refractivity contribution in [2.45, 2.75) is 39.5 Å². The molecular weight excluding hydrogens is 186 g/mol. The van der Waals surface area contributed by atoms with Crippen molar-refractivity contribution in [3.63, 3.8) is 0 Å². The minimum atomic E-state index is -0.677. The third-order valence-corrected chi connectivity index (χ3v) is 2.73. The molecule has 0 radical (unpaired) electrons. The van der Waals surface area contributed by atoms with Crippen molar-refractivity contribution >= 4 is 0 Å². The number of rotatable bonds is 6. The van der Waals surface area contributed by atoms with Crippen LogP contribution in [-0.4, -0.2) is 44.7 Å². The lowest BCUT2D eigenvalue weighted by Crippen LogP contribution is -2.61. The van der Waals surface area contributed by atoms with Crippen LogP contribution in [0.3, 0.4) is 0 Å². The largest absolute Gasteiger partial charge is 0.627 e. The van der Waals surface area contributed by atoms with Crippen molar-refractivity contribution in [1.82, 2.24) is 0 Å². The van der Waals surface area contributed by atoms with Gasteiger partial charge in [-0.05, 0) is 0 Å². The predicted molar refractivity (Wildman–Crippen MR) is 53.0 cm³/mol. The van der Waals surface area contributed by atoms with Crippen LogP contribution in [0.4, 0.5) is 0 Å². The molecule has 0 rings (SSSR count). The Hall–Kier alpha value is -0.200. The molecule has 0 aliphatic heterocycles. The Morgan fingerprint density at radius 1 is 0.786 bits per heavy atom. The first-order valence-corrected chi connectivity index (χ1v) is 4.62. The molecule has 0 fully saturated rings. The Kier molecular flexibility index (Phi) is 5.54. The monoisotopic (exact) mass is 207 g/mol. The second-order valence-electron chi connectivity index (χ2n) is 3.27. The number of nitrogens with zero attached hydrogens (tertiary/aromatic N) is 1. The van der Waals surface area contributed by atoms with E-state index in [4.69, 9.17) is 14.2 Å². The average Bonchev–Trinajstić information content (AvgIpc) is 2.24. The van der Waals surface area contributed by atoms with Crippen LogP contribution in [-0.2, 0) is 14.2 Å². The van der Waals surface area contributed by atoms with E-state index in [9.17, 15) is 5.21 Å². The molecule has 14 heavy (non-hydrogen) atoms. The molecule has 0 saturated heterocycles. The van der Waals surface area contributed by atoms with Gasteiger partial charge in [0, 0.05) is 42.1 Å². The quantitative estimate of drug-likeness (QED) is 0.374. The molecule has 5 heteroatoms. The summed E-state index contributed by atoms with van der Waals surface area (Å²) in [6, 6.07) is 0. The van der Waals surface area contributed by atoms with E-state index in [0.29, 0.717) is 0 Å². The molecule has 0 spiro atoms. The van der Waals surface area contributed by atoms with Crippen LogP contribution < -0.4 is 0 Å². The van der Waals surface area contributed by atoms with Crippen molar-refractivity contribution in [1.29, 1.82) is 0 Å². The maximum atomic E-state index is 12.5. The smallest absolute Gasteiger partial charge is 0.193 e. The van der Waals surface area contributed by atoms with Crippen LogP contribution in [0.1, 0.15) is 20.8 Å². The maximum absolute atomic E-state index is 12.5. The lowest BCUT2D eigenvalue weighted by atomic mass is 10.4. The number of ether oxygens (including phenoxy) is 3. The van der Waals surface area contributed by atoms with E-state index in [-0.39, 0.29) is 0 Å². The van der Waals surface area contributed by atoms with E-state index in [1.54, 1.807) is 20.8 Å². The van der Waals surface area contributed by atoms with Crippen molar-refractivity contribution in [3.8, 4) is 0 Å². The van der Waals surface area contributed by atoms with Gasteiger partial charge in [0.1, 0.15) is 0 Å². The Balaban J connectivity index is 4.83. The minimum absolute atomic E-state index is 0.528. The van der Waals surface area contributed by atoms with Crippen molar-refractivity contribution in [2.75, 3.05) is 21.3 Å². The van der Waals surface area contributed by atoms with Gasteiger partial charge in [-0.25, -0.2) is 0 Å². The van der Waals surface area contributed by atoms with Crippen LogP contribution in [0.5, 0.6) is 0 Å². The zero-order valence-electron chi connectivity index (χ0n) is 9.81. The molecule has 0 amide bonds. The van der Waals surface area contributed by atoms with Crippen molar-refractivity contribution in [3.05, 3.63) is 5.21 Å². The molecule has 0 heterocycles. The molecule has 0 aromatic rings. The standard InChI is InChI=1S/C9H21NO4/c1-7(12-4)10(11,8(2)13-5)9(3)14-6/h7-9H,1-6H3. The van der Waals surface area contributed by atoms with Gasteiger partial charge < -0.3 is 19.4 Å². The van der Waals surface area contributed by atoms with Gasteiger partial charge in [0.05, 0.1) is 0 Å². The summed E-state index contributed by atoms with van der Waals surface area (Å²) >= 11 is 0. The molecule has 5 nitrogen and oxygen atoms in total. The van der Waals surface area contributed by atoms with Crippen LogP contribution in [0, 0.1) is 5.21 Å². The normalized spacial score (nSPS) is 22.5. The summed E-state index contributed by atoms with van der Waals surface area (Å²) in [6.45, 7) is 5.12. The SMILES string of the molecule is COC(C)[N+]([O-])(C(C)OC)C(C)OC. The number of hydrogen-bond acceptors (Lipinski definition) is 4. The highest BCUT2D eigenvalue weighted by molar-refractivity contribution is 4.50. The van der Waals surface area contributed by atoms with E-state index < -0.39 is 23.3 Å². The fourth-order valence-corrected chi connectivity index (χ4v) is 1.38. The Morgan fingerprint density at radius 3 is 1.14 bits per heavy atom. The maximum Gasteiger partial charge on any atom is 0.193 e. The van der Waals surface area contributed by atoms with E-state index in [1.165, 1.54) is 21.3 Å². The summed E-state index contributed by atoms with van der Waals surface area (Å²) in [6.07, 6.45) is -1.58. The second kappa shape index (κ2) is 5.63. The molecule has 0 aliphatic carbocycles. The van der Waals surface area contributed by atoms with Crippen LogP contribution in [0.2, 0.25) is 0 Å². The van der Waals surface area contributed by atoms with E-state index >= 15 is 0 Å². The van der Waals surface area contributed by atoms with Gasteiger partial charge in [0.15, 0.2) is 18.7 Å². The van der Waals surface area contributed by atoms with Gasteiger partial charge in [0.2, 0.25) is 0 Å². The zero-order valence-corrected chi connectivity index (χ0v) is 9.81. The second-order valence-corrected chi connectivity index (χ2v) is 3.27. The molecule has 3 unspecified atom stereocenters. The Morgan fingerprint density at radius 2 is 1.00 bits per heavy atom. The summed E-state index contributed by atoms with van der Waals surface area (Å²) in [5, 5.41) is 12.5. The summed E-state index contributed by atoms with van der Waals surface area (Å²) in [4.78, 5) is 0. The first-order chi connectivity index (χ1) is 6.44. The fraction of sp³-hybridized carbons (Fsp3) is 1.00. The summed E-state index contributed by atoms with van der Waals surface area (Å²) in [5.41, 5.74) is 0. The van der Waals surface area contributed by atoms with Gasteiger partial charge in [-0.15, -0.1) is 0 Å². The zero-order chi connectivity index (χ0) is 11.4. The molecule has 0 aliphatic rings. The highest BCUT2D eigenvalue weighted by Gasteiger charge is 2.37. The third-order valence-electron chi connectivity index (χ3n) is 2.73. The number of hydrogen-bond donors (Lipinski definition) is 0. The molecule has 0 saturated carbocycles. The topological polar surface area (TPSA) is 50.8 Å². The van der Waals surface area contributed by atoms with Gasteiger partial charge in [-0.1, -0.05) is 0 Å². The lowest BCUT2D eigenvalue weighted by Gasteiger charge is -2.52. The van der Waals surface area contributed by atoms with Crippen LogP contribution >= 0.6 is 0 Å². The Labute approximate surface area is 85.7 Å². The summed E-state index contributed by atoms with van der Waals surface area (Å²) in [5.74, 6) is 0. The van der Waals surface area contributed by atoms with Gasteiger partial charge in [0.25, 0.3) is 0 Å². The van der Waals surface area contributed by atoms with Gasteiger partial charge >= 0.3 is 0 Å². The fourth-order valence-electron chi connectivity index (χ4n) is 1.38. The van der Waals surface area contributed by atoms with Gasteiger partial charge in [-0.2, -0.15) is 0 Å². The molecule has 0 aromatic heterocycles. The van der Waals surface area contributed by atoms with E-state index in [2.05, 4.69) is 0 Å². The average molecular weight is 207 g/mol. The number of quaternary nitrogens is 1. The highest BCUT2D eigenvalue weighted by atomic mass is 16.7. The molecule has 86 valence electrons. The minimum Gasteiger partial charge on any atom is -0.627 e. The summed E-state index contributed by atoms with van der Waals surface area (Å²) < 4.78 is 14.5. The Bertz CT molecular complexity index is 138. The first kappa shape index (κ1) is 13.8. The number of methoxy groups -OCH3 is 3. The highest BCUT2D eigenvalue weighted by Crippen LogP contribution is 2.23. The molecule has 3 atom stereocenters. The van der Waals surface area contributed by atoms with E-state index in [0.717, 1.165) is 0 Å². The molecular formula is C9H21NO4. The number of hydroxylamine groups is 3.